The molecule has 0 aliphatic rings. The Balaban J connectivity index is 2.10. The van der Waals surface area contributed by atoms with Gasteiger partial charge in [-0.1, -0.05) is 122 Å². The van der Waals surface area contributed by atoms with Crippen LogP contribution >= 0.6 is 7.82 Å². The molecule has 1 aromatic carbocycles. The molecule has 37 heavy (non-hydrogen) atoms. The highest BCUT2D eigenvalue weighted by atomic mass is 31.2. The first-order valence-electron chi connectivity index (χ1n) is 14.4. The average molecular weight is 542 g/mol. The highest BCUT2D eigenvalue weighted by Gasteiger charge is 2.19. The van der Waals surface area contributed by atoms with E-state index in [1.54, 1.807) is 12.1 Å². The van der Waals surface area contributed by atoms with E-state index in [-0.39, 0.29) is 18.8 Å². The first kappa shape index (κ1) is 33.7. The quantitative estimate of drug-likeness (QED) is 0.100. The molecular weight excluding hydrogens is 492 g/mol. The first-order chi connectivity index (χ1) is 17.9. The molecule has 0 bridgehead atoms. The van der Waals surface area contributed by atoms with E-state index < -0.39 is 19.7 Å². The van der Waals surface area contributed by atoms with Crippen LogP contribution in [0.15, 0.2) is 18.2 Å². The molecule has 0 aliphatic heterocycles. The fourth-order valence-electron chi connectivity index (χ4n) is 4.45. The number of benzene rings is 1. The molecule has 0 aromatic heterocycles. The lowest BCUT2D eigenvalue weighted by Crippen LogP contribution is -2.19. The zero-order valence-corrected chi connectivity index (χ0v) is 23.7. The van der Waals surface area contributed by atoms with E-state index in [0.29, 0.717) is 12.0 Å². The van der Waals surface area contributed by atoms with Gasteiger partial charge in [0, 0.05) is 0 Å². The maximum absolute atomic E-state index is 13.8. The van der Waals surface area contributed by atoms with Gasteiger partial charge in [0.2, 0.25) is 0 Å². The van der Waals surface area contributed by atoms with Crippen LogP contribution in [0, 0.1) is 17.1 Å². The van der Waals surface area contributed by atoms with E-state index in [2.05, 4.69) is 11.4 Å². The van der Waals surface area contributed by atoms with Crippen molar-refractivity contribution < 1.29 is 28.0 Å². The van der Waals surface area contributed by atoms with Crippen molar-refractivity contribution in [2.45, 2.75) is 135 Å². The van der Waals surface area contributed by atoms with Crippen LogP contribution in [-0.2, 0) is 20.4 Å². The summed E-state index contributed by atoms with van der Waals surface area (Å²) in [5.41, 5.74) is 0.522. The summed E-state index contributed by atoms with van der Waals surface area (Å²) in [5, 5.41) is 8.84. The molecule has 0 saturated carbocycles. The van der Waals surface area contributed by atoms with Crippen molar-refractivity contribution >= 4 is 7.82 Å². The topological polar surface area (TPSA) is 99.8 Å². The second kappa shape index (κ2) is 21.6. The fraction of sp³-hybridized carbons (Fsp3) is 0.759. The number of nitriles is 1. The van der Waals surface area contributed by atoms with Crippen molar-refractivity contribution in [2.24, 2.45) is 0 Å². The van der Waals surface area contributed by atoms with Gasteiger partial charge in [-0.25, -0.2) is 8.96 Å². The summed E-state index contributed by atoms with van der Waals surface area (Å²) in [6.07, 6.45) is 22.0. The number of hydrogen-bond donors (Lipinski definition) is 2. The first-order valence-corrected chi connectivity index (χ1v) is 15.9. The highest BCUT2D eigenvalue weighted by Crippen LogP contribution is 2.36. The molecule has 0 heterocycles. The van der Waals surface area contributed by atoms with Crippen molar-refractivity contribution in [3.8, 4) is 6.07 Å². The zero-order valence-electron chi connectivity index (χ0n) is 22.8. The number of rotatable bonds is 24. The highest BCUT2D eigenvalue weighted by molar-refractivity contribution is 7.46. The molecule has 0 unspecified atom stereocenters. The second-order valence-electron chi connectivity index (χ2n) is 10.1. The Morgan fingerprint density at radius 1 is 0.865 bits per heavy atom. The van der Waals surface area contributed by atoms with E-state index in [1.165, 1.54) is 102 Å². The lowest BCUT2D eigenvalue weighted by Gasteiger charge is -2.18. The summed E-state index contributed by atoms with van der Waals surface area (Å²) in [6, 6.07) is 6.02. The number of phosphoric acid groups is 1. The van der Waals surface area contributed by atoms with E-state index in [9.17, 15) is 8.96 Å². The van der Waals surface area contributed by atoms with Gasteiger partial charge < -0.3 is 14.5 Å². The van der Waals surface area contributed by atoms with Crippen LogP contribution in [0.1, 0.15) is 134 Å². The van der Waals surface area contributed by atoms with Crippen LogP contribution in [0.3, 0.4) is 0 Å². The number of nitrogens with zero attached hydrogens (tertiary/aromatic N) is 1. The number of hydrogen-bond acceptors (Lipinski definition) is 4. The van der Waals surface area contributed by atoms with Crippen LogP contribution in [0.4, 0.5) is 4.39 Å². The SMILES string of the molecule is CCCCCCCCCCCCCCCCCCC[C@H](COP(=O)(O)O)OCc1ccc(C#N)c(F)c1. The Labute approximate surface area is 224 Å². The van der Waals surface area contributed by atoms with Gasteiger partial charge in [-0.05, 0) is 24.1 Å². The summed E-state index contributed by atoms with van der Waals surface area (Å²) >= 11 is 0. The molecular formula is C29H49FNO5P. The van der Waals surface area contributed by atoms with Crippen molar-refractivity contribution in [3.05, 3.63) is 35.1 Å². The maximum Gasteiger partial charge on any atom is 0.469 e. The van der Waals surface area contributed by atoms with Crippen molar-refractivity contribution in [1.82, 2.24) is 0 Å². The van der Waals surface area contributed by atoms with E-state index in [4.69, 9.17) is 19.8 Å². The number of ether oxygens (including phenoxy) is 1. The van der Waals surface area contributed by atoms with Gasteiger partial charge in [0.25, 0.3) is 0 Å². The fourth-order valence-corrected chi connectivity index (χ4v) is 4.81. The molecule has 0 amide bonds. The molecule has 212 valence electrons. The van der Waals surface area contributed by atoms with Crippen LogP contribution in [0.25, 0.3) is 0 Å². The van der Waals surface area contributed by atoms with E-state index in [0.717, 1.165) is 19.3 Å². The summed E-state index contributed by atoms with van der Waals surface area (Å²) in [5.74, 6) is -0.611. The monoisotopic (exact) mass is 541 g/mol. The Morgan fingerprint density at radius 3 is 1.78 bits per heavy atom. The molecule has 0 radical (unpaired) electrons. The molecule has 0 spiro atoms. The third kappa shape index (κ3) is 19.4. The van der Waals surface area contributed by atoms with Crippen molar-refractivity contribution in [2.75, 3.05) is 6.61 Å². The minimum atomic E-state index is -4.59. The molecule has 1 rings (SSSR count). The molecule has 6 nitrogen and oxygen atoms in total. The summed E-state index contributed by atoms with van der Waals surface area (Å²) in [6.45, 7) is 2.12. The predicted octanol–water partition coefficient (Wildman–Crippen LogP) is 8.73. The van der Waals surface area contributed by atoms with Gasteiger partial charge in [-0.15, -0.1) is 0 Å². The predicted molar refractivity (Wildman–Crippen MR) is 146 cm³/mol. The normalized spacial score (nSPS) is 12.5. The van der Waals surface area contributed by atoms with Gasteiger partial charge in [0.1, 0.15) is 11.9 Å². The molecule has 1 atom stereocenters. The largest absolute Gasteiger partial charge is 0.469 e. The van der Waals surface area contributed by atoms with E-state index >= 15 is 0 Å². The number of phosphoric ester groups is 1. The van der Waals surface area contributed by atoms with E-state index in [1.807, 2.05) is 0 Å². The lowest BCUT2D eigenvalue weighted by molar-refractivity contribution is -0.00383. The van der Waals surface area contributed by atoms with Gasteiger partial charge in [-0.2, -0.15) is 5.26 Å². The van der Waals surface area contributed by atoms with Gasteiger partial charge in [0.15, 0.2) is 0 Å². The minimum Gasteiger partial charge on any atom is -0.371 e. The third-order valence-corrected chi connectivity index (χ3v) is 7.18. The lowest BCUT2D eigenvalue weighted by atomic mass is 10.0. The molecule has 2 N–H and O–H groups in total. The van der Waals surface area contributed by atoms with Crippen molar-refractivity contribution in [3.63, 3.8) is 0 Å². The van der Waals surface area contributed by atoms with Gasteiger partial charge >= 0.3 is 7.82 Å². The van der Waals surface area contributed by atoms with Crippen LogP contribution in [0.5, 0.6) is 0 Å². The molecule has 0 aliphatic carbocycles. The van der Waals surface area contributed by atoms with Crippen LogP contribution in [-0.4, -0.2) is 22.5 Å². The minimum absolute atomic E-state index is 0.0337. The summed E-state index contributed by atoms with van der Waals surface area (Å²) in [7, 11) is -4.59. The second-order valence-corrected chi connectivity index (χ2v) is 11.3. The van der Waals surface area contributed by atoms with Gasteiger partial charge in [0.05, 0.1) is 24.9 Å². The standard InChI is InChI=1S/C29H49FNO5P/c1-2-3-4-5-6-7-8-9-10-11-12-13-14-15-16-17-18-19-28(25-36-37(32,33)34)35-24-26-20-21-27(23-31)29(30)22-26/h20-22,28H,2-19,24-25H2,1H3,(H2,32,33,34)/t28-/m1/s1. The van der Waals surface area contributed by atoms with Crippen LogP contribution < -0.4 is 0 Å². The third-order valence-electron chi connectivity index (χ3n) is 6.70. The average Bonchev–Trinajstić information content (AvgIpc) is 2.86. The van der Waals surface area contributed by atoms with Gasteiger partial charge in [-0.3, -0.25) is 4.52 Å². The number of unbranched alkanes of at least 4 members (excludes halogenated alkanes) is 16. The molecule has 8 heteroatoms. The molecule has 0 saturated heterocycles. The zero-order chi connectivity index (χ0) is 27.2. The van der Waals surface area contributed by atoms with Crippen molar-refractivity contribution in [1.29, 1.82) is 5.26 Å². The number of halogens is 1. The summed E-state index contributed by atoms with van der Waals surface area (Å²) < 4.78 is 35.3. The summed E-state index contributed by atoms with van der Waals surface area (Å²) in [4.78, 5) is 18.0. The Bertz CT molecular complexity index is 795. The Hall–Kier alpha value is -1.29. The Kier molecular flexibility index (Phi) is 19.7. The molecule has 1 aromatic rings. The smallest absolute Gasteiger partial charge is 0.371 e. The van der Waals surface area contributed by atoms with Crippen LogP contribution in [0.2, 0.25) is 0 Å². The Morgan fingerprint density at radius 2 is 1.35 bits per heavy atom. The maximum atomic E-state index is 13.8. The molecule has 0 fully saturated rings.